The number of aromatic nitrogens is 3. The van der Waals surface area contributed by atoms with Crippen LogP contribution in [-0.2, 0) is 11.2 Å². The zero-order chi connectivity index (χ0) is 19.6. The minimum absolute atomic E-state index is 0.0918. The summed E-state index contributed by atoms with van der Waals surface area (Å²) in [5.41, 5.74) is 0.664. The monoisotopic (exact) mass is 372 g/mol. The molecule has 146 valence electrons. The molecule has 1 aromatic carbocycles. The van der Waals surface area contributed by atoms with Crippen LogP contribution in [0.3, 0.4) is 0 Å². The van der Waals surface area contributed by atoms with Crippen LogP contribution in [0, 0.1) is 5.92 Å². The zero-order valence-corrected chi connectivity index (χ0v) is 16.2. The summed E-state index contributed by atoms with van der Waals surface area (Å²) >= 11 is 0. The van der Waals surface area contributed by atoms with Crippen molar-refractivity contribution in [1.29, 1.82) is 0 Å². The molecule has 1 amide bonds. The summed E-state index contributed by atoms with van der Waals surface area (Å²) in [6.45, 7) is 7.43. The van der Waals surface area contributed by atoms with Gasteiger partial charge < -0.3 is 15.0 Å². The number of hydrogen-bond acceptors (Lipinski definition) is 5. The third kappa shape index (κ3) is 6.84. The van der Waals surface area contributed by atoms with Crippen molar-refractivity contribution in [1.82, 2.24) is 20.5 Å². The summed E-state index contributed by atoms with van der Waals surface area (Å²) < 4.78 is 5.68. The summed E-state index contributed by atoms with van der Waals surface area (Å²) in [4.78, 5) is 26.8. The van der Waals surface area contributed by atoms with Crippen molar-refractivity contribution in [2.45, 2.75) is 46.5 Å². The SMILES string of the molecule is CCCCOc1cccc(-c2nnc(CCC(=O)NCC(C)C)c(=O)[nH]2)c1. The van der Waals surface area contributed by atoms with Crippen molar-refractivity contribution in [3.8, 4) is 17.1 Å². The minimum atomic E-state index is -0.325. The van der Waals surface area contributed by atoms with E-state index in [1.54, 1.807) is 0 Å². The molecule has 0 unspecified atom stereocenters. The lowest BCUT2D eigenvalue weighted by Gasteiger charge is -2.08. The lowest BCUT2D eigenvalue weighted by Crippen LogP contribution is -2.28. The number of unbranched alkanes of at least 4 members (excludes halogenated alkanes) is 1. The van der Waals surface area contributed by atoms with Gasteiger partial charge in [-0.25, -0.2) is 0 Å². The molecule has 7 nitrogen and oxygen atoms in total. The molecule has 2 aromatic rings. The Hall–Kier alpha value is -2.70. The van der Waals surface area contributed by atoms with Crippen LogP contribution in [0.1, 0.15) is 45.7 Å². The smallest absolute Gasteiger partial charge is 0.273 e. The van der Waals surface area contributed by atoms with E-state index in [-0.39, 0.29) is 30.0 Å². The lowest BCUT2D eigenvalue weighted by molar-refractivity contribution is -0.121. The third-order valence-corrected chi connectivity index (χ3v) is 3.94. The number of rotatable bonds is 10. The Morgan fingerprint density at radius 3 is 2.81 bits per heavy atom. The molecule has 2 rings (SSSR count). The number of carbonyl (C=O) groups excluding carboxylic acids is 1. The molecule has 0 saturated heterocycles. The predicted octanol–water partition coefficient (Wildman–Crippen LogP) is 2.72. The average Bonchev–Trinajstić information content (AvgIpc) is 2.66. The van der Waals surface area contributed by atoms with Crippen molar-refractivity contribution in [2.24, 2.45) is 5.92 Å². The fourth-order valence-corrected chi connectivity index (χ4v) is 2.36. The maximum atomic E-state index is 12.3. The Kier molecular flexibility index (Phi) is 7.98. The van der Waals surface area contributed by atoms with Gasteiger partial charge in [0.25, 0.3) is 5.56 Å². The topological polar surface area (TPSA) is 97.0 Å². The van der Waals surface area contributed by atoms with Gasteiger partial charge >= 0.3 is 0 Å². The molecule has 0 aliphatic rings. The van der Waals surface area contributed by atoms with E-state index in [1.807, 2.05) is 38.1 Å². The highest BCUT2D eigenvalue weighted by Gasteiger charge is 2.10. The molecule has 7 heteroatoms. The molecule has 0 saturated carbocycles. The molecule has 2 N–H and O–H groups in total. The first-order valence-electron chi connectivity index (χ1n) is 9.45. The van der Waals surface area contributed by atoms with Gasteiger partial charge in [0.05, 0.1) is 6.61 Å². The van der Waals surface area contributed by atoms with Gasteiger partial charge in [0.15, 0.2) is 5.82 Å². The van der Waals surface area contributed by atoms with Gasteiger partial charge in [-0.05, 0) is 24.5 Å². The van der Waals surface area contributed by atoms with Crippen LogP contribution in [-0.4, -0.2) is 34.2 Å². The van der Waals surface area contributed by atoms with E-state index in [0.717, 1.165) is 24.2 Å². The molecule has 0 aliphatic heterocycles. The maximum absolute atomic E-state index is 12.3. The Morgan fingerprint density at radius 1 is 1.30 bits per heavy atom. The normalized spacial score (nSPS) is 10.8. The van der Waals surface area contributed by atoms with Crippen molar-refractivity contribution in [3.05, 3.63) is 40.3 Å². The van der Waals surface area contributed by atoms with Crippen molar-refractivity contribution >= 4 is 5.91 Å². The standard InChI is InChI=1S/C20H28N4O3/c1-4-5-11-27-16-8-6-7-15(12-16)19-22-20(26)17(23-24-19)9-10-18(25)21-13-14(2)3/h6-8,12,14H,4-5,9-11,13H2,1-3H3,(H,21,25)(H,22,24,26). The van der Waals surface area contributed by atoms with E-state index in [0.29, 0.717) is 24.9 Å². The van der Waals surface area contributed by atoms with E-state index < -0.39 is 0 Å². The van der Waals surface area contributed by atoms with Crippen LogP contribution in [0.15, 0.2) is 29.1 Å². The molecule has 0 radical (unpaired) electrons. The molecule has 1 aromatic heterocycles. The number of H-pyrrole nitrogens is 1. The number of carbonyl (C=O) groups is 1. The predicted molar refractivity (Wildman–Crippen MR) is 105 cm³/mol. The molecular formula is C20H28N4O3. The van der Waals surface area contributed by atoms with Crippen LogP contribution in [0.2, 0.25) is 0 Å². The molecule has 0 atom stereocenters. The average molecular weight is 372 g/mol. The second-order valence-corrected chi connectivity index (χ2v) is 6.88. The van der Waals surface area contributed by atoms with E-state index in [4.69, 9.17) is 4.74 Å². The quantitative estimate of drug-likeness (QED) is 0.625. The number of aryl methyl sites for hydroxylation is 1. The summed E-state index contributed by atoms with van der Waals surface area (Å²) in [6, 6.07) is 7.39. The van der Waals surface area contributed by atoms with Gasteiger partial charge in [-0.15, -0.1) is 10.2 Å². The van der Waals surface area contributed by atoms with E-state index in [9.17, 15) is 9.59 Å². The van der Waals surface area contributed by atoms with Crippen molar-refractivity contribution in [2.75, 3.05) is 13.2 Å². The number of amides is 1. The third-order valence-electron chi connectivity index (χ3n) is 3.94. The highest BCUT2D eigenvalue weighted by Crippen LogP contribution is 2.20. The van der Waals surface area contributed by atoms with E-state index in [1.165, 1.54) is 0 Å². The first-order chi connectivity index (χ1) is 13.0. The van der Waals surface area contributed by atoms with Crippen molar-refractivity contribution < 1.29 is 9.53 Å². The highest BCUT2D eigenvalue weighted by molar-refractivity contribution is 5.76. The number of aromatic amines is 1. The Labute approximate surface area is 159 Å². The van der Waals surface area contributed by atoms with Gasteiger partial charge in [-0.3, -0.25) is 9.59 Å². The first-order valence-corrected chi connectivity index (χ1v) is 9.45. The second-order valence-electron chi connectivity index (χ2n) is 6.88. The van der Waals surface area contributed by atoms with Crippen LogP contribution in [0.5, 0.6) is 5.75 Å². The maximum Gasteiger partial charge on any atom is 0.273 e. The summed E-state index contributed by atoms with van der Waals surface area (Å²) in [7, 11) is 0. The molecule has 0 aliphatic carbocycles. The van der Waals surface area contributed by atoms with Gasteiger partial charge in [0.1, 0.15) is 11.4 Å². The van der Waals surface area contributed by atoms with Crippen LogP contribution in [0.4, 0.5) is 0 Å². The van der Waals surface area contributed by atoms with Crippen LogP contribution in [0.25, 0.3) is 11.4 Å². The Bertz CT molecular complexity index is 802. The molecular weight excluding hydrogens is 344 g/mol. The highest BCUT2D eigenvalue weighted by atomic mass is 16.5. The van der Waals surface area contributed by atoms with Crippen LogP contribution < -0.4 is 15.6 Å². The van der Waals surface area contributed by atoms with Gasteiger partial charge in [-0.2, -0.15) is 0 Å². The molecule has 0 spiro atoms. The minimum Gasteiger partial charge on any atom is -0.494 e. The van der Waals surface area contributed by atoms with E-state index >= 15 is 0 Å². The summed E-state index contributed by atoms with van der Waals surface area (Å²) in [5.74, 6) is 1.41. The molecule has 0 bridgehead atoms. The zero-order valence-electron chi connectivity index (χ0n) is 16.2. The largest absolute Gasteiger partial charge is 0.494 e. The first kappa shape index (κ1) is 20.6. The number of nitrogens with zero attached hydrogens (tertiary/aromatic N) is 2. The van der Waals surface area contributed by atoms with Crippen molar-refractivity contribution in [3.63, 3.8) is 0 Å². The molecule has 27 heavy (non-hydrogen) atoms. The summed E-state index contributed by atoms with van der Waals surface area (Å²) in [6.07, 6.45) is 2.52. The summed E-state index contributed by atoms with van der Waals surface area (Å²) in [5, 5.41) is 10.9. The Balaban J connectivity index is 2.01. The van der Waals surface area contributed by atoms with Gasteiger partial charge in [-0.1, -0.05) is 39.3 Å². The fraction of sp³-hybridized carbons (Fsp3) is 0.500. The van der Waals surface area contributed by atoms with Gasteiger partial charge in [0.2, 0.25) is 5.91 Å². The number of ether oxygens (including phenoxy) is 1. The van der Waals surface area contributed by atoms with Crippen LogP contribution >= 0.6 is 0 Å². The number of benzene rings is 1. The second kappa shape index (κ2) is 10.4. The number of hydrogen-bond donors (Lipinski definition) is 2. The molecule has 0 fully saturated rings. The lowest BCUT2D eigenvalue weighted by atomic mass is 10.2. The van der Waals surface area contributed by atoms with E-state index in [2.05, 4.69) is 27.4 Å². The number of nitrogens with one attached hydrogen (secondary N) is 2. The Morgan fingerprint density at radius 2 is 2.11 bits per heavy atom. The van der Waals surface area contributed by atoms with Gasteiger partial charge in [0, 0.05) is 24.9 Å². The fourth-order valence-electron chi connectivity index (χ4n) is 2.36. The molecule has 1 heterocycles.